The Bertz CT molecular complexity index is 18.8. The maximum Gasteiger partial charge on any atom is 0 e. The summed E-state index contributed by atoms with van der Waals surface area (Å²) in [6.07, 6.45) is 4.68. The summed E-state index contributed by atoms with van der Waals surface area (Å²) in [4.78, 5) is 0. The van der Waals surface area contributed by atoms with Gasteiger partial charge in [0.15, 0.2) is 0 Å². The minimum absolute atomic E-state index is 0. The molecular formula is C4H7Y-. The predicted molar refractivity (Wildman–Crippen MR) is 19.2 cm³/mol. The molecule has 0 aliphatic rings. The Balaban J connectivity index is 0. The number of hydrogen-bond donors (Lipinski definition) is 0. The molecule has 0 unspecified atom stereocenters. The zero-order chi connectivity index (χ0) is 3.41. The quantitative estimate of drug-likeness (QED) is 0.450. The number of rotatable bonds is 0. The van der Waals surface area contributed by atoms with Crippen LogP contribution in [0.3, 0.4) is 0 Å². The third kappa shape index (κ3) is 11.5. The van der Waals surface area contributed by atoms with Crippen LogP contribution in [0.1, 0.15) is 13.8 Å². The van der Waals surface area contributed by atoms with Gasteiger partial charge in [-0.2, -0.15) is 6.92 Å². The predicted octanol–water partition coefficient (Wildman–Crippen LogP) is 1.38. The average Bonchev–Trinajstić information content (AvgIpc) is 1.37. The number of allylic oxidation sites excluding steroid dienone is 2. The SMILES string of the molecule is C[C-]=CC.[Y]. The molecule has 1 radical (unpaired) electrons. The molecule has 0 aliphatic carbocycles. The molecule has 0 aliphatic heterocycles. The Kier molecular flexibility index (Phi) is 16.4. The Morgan fingerprint density at radius 1 is 1.60 bits per heavy atom. The molecule has 0 atom stereocenters. The van der Waals surface area contributed by atoms with Gasteiger partial charge in [0.25, 0.3) is 0 Å². The molecular weight excluding hydrogens is 137 g/mol. The van der Waals surface area contributed by atoms with Crippen molar-refractivity contribution >= 4 is 0 Å². The van der Waals surface area contributed by atoms with Gasteiger partial charge in [-0.1, -0.05) is 6.92 Å². The molecule has 0 aromatic carbocycles. The second-order valence-electron chi connectivity index (χ2n) is 0.577. The Hall–Kier alpha value is 0.844. The normalized spacial score (nSPS) is 7.60. The van der Waals surface area contributed by atoms with Gasteiger partial charge in [0.2, 0.25) is 0 Å². The first kappa shape index (κ1) is 9.28. The Morgan fingerprint density at radius 3 is 1.80 bits per heavy atom. The van der Waals surface area contributed by atoms with Crippen molar-refractivity contribution in [1.29, 1.82) is 0 Å². The number of hydrogen-bond acceptors (Lipinski definition) is 0. The van der Waals surface area contributed by atoms with E-state index in [2.05, 4.69) is 6.08 Å². The van der Waals surface area contributed by atoms with Gasteiger partial charge in [0, 0.05) is 32.7 Å². The Labute approximate surface area is 58.5 Å². The van der Waals surface area contributed by atoms with Crippen LogP contribution in [-0.4, -0.2) is 0 Å². The molecule has 0 amide bonds. The molecule has 5 heavy (non-hydrogen) atoms. The summed E-state index contributed by atoms with van der Waals surface area (Å²) in [7, 11) is 0. The van der Waals surface area contributed by atoms with E-state index in [-0.39, 0.29) is 32.7 Å². The summed E-state index contributed by atoms with van der Waals surface area (Å²) in [6, 6.07) is 0. The summed E-state index contributed by atoms with van der Waals surface area (Å²) in [6.45, 7) is 3.82. The van der Waals surface area contributed by atoms with Crippen molar-refractivity contribution in [1.82, 2.24) is 0 Å². The summed E-state index contributed by atoms with van der Waals surface area (Å²) >= 11 is 0. The van der Waals surface area contributed by atoms with Gasteiger partial charge in [-0.05, 0) is 0 Å². The zero-order valence-electron chi connectivity index (χ0n) is 3.65. The van der Waals surface area contributed by atoms with Crippen molar-refractivity contribution in [3.8, 4) is 0 Å². The molecule has 0 spiro atoms. The fourth-order valence-corrected chi connectivity index (χ4v) is 0. The van der Waals surface area contributed by atoms with E-state index in [0.717, 1.165) is 0 Å². The first-order valence-corrected chi connectivity index (χ1v) is 1.37. The fraction of sp³-hybridized carbons (Fsp3) is 0.500. The largest absolute Gasteiger partial charge is 0.504 e. The summed E-state index contributed by atoms with van der Waals surface area (Å²) in [5.74, 6) is 0. The Morgan fingerprint density at radius 2 is 1.80 bits per heavy atom. The van der Waals surface area contributed by atoms with Crippen LogP contribution in [0.4, 0.5) is 0 Å². The van der Waals surface area contributed by atoms with E-state index in [4.69, 9.17) is 0 Å². The van der Waals surface area contributed by atoms with Crippen LogP contribution >= 0.6 is 0 Å². The fourth-order valence-electron chi connectivity index (χ4n) is 0. The molecule has 0 N–H and O–H groups in total. The van der Waals surface area contributed by atoms with E-state index in [0.29, 0.717) is 0 Å². The third-order valence-electron chi connectivity index (χ3n) is 0.289. The van der Waals surface area contributed by atoms with E-state index in [1.807, 2.05) is 19.9 Å². The minimum Gasteiger partial charge on any atom is -0.504 e. The molecule has 0 nitrogen and oxygen atoms in total. The molecule has 0 saturated carbocycles. The van der Waals surface area contributed by atoms with Gasteiger partial charge in [0.1, 0.15) is 0 Å². The van der Waals surface area contributed by atoms with Crippen LogP contribution in [0.15, 0.2) is 6.08 Å². The van der Waals surface area contributed by atoms with Crippen molar-refractivity contribution < 1.29 is 32.7 Å². The third-order valence-corrected chi connectivity index (χ3v) is 0.289. The van der Waals surface area contributed by atoms with Crippen molar-refractivity contribution in [2.75, 3.05) is 0 Å². The van der Waals surface area contributed by atoms with Gasteiger partial charge in [-0.3, -0.25) is 6.08 Å². The summed E-state index contributed by atoms with van der Waals surface area (Å²) < 4.78 is 0. The average molecular weight is 144 g/mol. The van der Waals surface area contributed by atoms with E-state index in [1.54, 1.807) is 0 Å². The van der Waals surface area contributed by atoms with E-state index in [9.17, 15) is 0 Å². The van der Waals surface area contributed by atoms with Gasteiger partial charge in [-0.25, -0.2) is 0 Å². The molecule has 0 heterocycles. The minimum atomic E-state index is 0. The molecule has 0 fully saturated rings. The van der Waals surface area contributed by atoms with E-state index >= 15 is 0 Å². The van der Waals surface area contributed by atoms with Crippen LogP contribution in [0, 0.1) is 6.08 Å². The topological polar surface area (TPSA) is 0 Å². The molecule has 1 heteroatoms. The molecule has 0 bridgehead atoms. The smallest absolute Gasteiger partial charge is 0 e. The van der Waals surface area contributed by atoms with Crippen LogP contribution in [-0.2, 0) is 32.7 Å². The van der Waals surface area contributed by atoms with Crippen molar-refractivity contribution in [3.63, 3.8) is 0 Å². The monoisotopic (exact) mass is 144 g/mol. The molecule has 0 aromatic rings. The second kappa shape index (κ2) is 8.85. The van der Waals surface area contributed by atoms with Gasteiger partial charge >= 0.3 is 0 Å². The van der Waals surface area contributed by atoms with Gasteiger partial charge in [-0.15, -0.1) is 0 Å². The first-order valence-electron chi connectivity index (χ1n) is 1.37. The van der Waals surface area contributed by atoms with Crippen LogP contribution in [0.2, 0.25) is 0 Å². The molecule has 0 aromatic heterocycles. The van der Waals surface area contributed by atoms with Crippen molar-refractivity contribution in [3.05, 3.63) is 12.2 Å². The first-order chi connectivity index (χ1) is 1.91. The maximum atomic E-state index is 2.81. The van der Waals surface area contributed by atoms with E-state index in [1.165, 1.54) is 0 Å². The van der Waals surface area contributed by atoms with Gasteiger partial charge < -0.3 is 6.08 Å². The van der Waals surface area contributed by atoms with Gasteiger partial charge in [0.05, 0.1) is 0 Å². The molecule has 0 rings (SSSR count). The standard InChI is InChI=1S/C4H7.Y/c1-3-4-2;/h3H,1-2H3;/q-1;. The van der Waals surface area contributed by atoms with Crippen LogP contribution in [0.5, 0.6) is 0 Å². The van der Waals surface area contributed by atoms with Crippen LogP contribution < -0.4 is 0 Å². The summed E-state index contributed by atoms with van der Waals surface area (Å²) in [5, 5.41) is 0. The van der Waals surface area contributed by atoms with Crippen molar-refractivity contribution in [2.45, 2.75) is 13.8 Å². The summed E-state index contributed by atoms with van der Waals surface area (Å²) in [5.41, 5.74) is 0. The maximum absolute atomic E-state index is 2.81. The van der Waals surface area contributed by atoms with E-state index < -0.39 is 0 Å². The van der Waals surface area contributed by atoms with Crippen LogP contribution in [0.25, 0.3) is 0 Å². The molecule has 0 saturated heterocycles. The van der Waals surface area contributed by atoms with Crippen molar-refractivity contribution in [2.24, 2.45) is 0 Å². The second-order valence-corrected chi connectivity index (χ2v) is 0.577. The molecule has 27 valence electrons. The zero-order valence-corrected chi connectivity index (χ0v) is 6.49.